The van der Waals surface area contributed by atoms with Crippen molar-refractivity contribution in [1.82, 2.24) is 0 Å². The van der Waals surface area contributed by atoms with Crippen LogP contribution in [0.4, 0.5) is 0 Å². The first-order valence-corrected chi connectivity index (χ1v) is 7.19. The Hall–Kier alpha value is -3.01. The van der Waals surface area contributed by atoms with Crippen molar-refractivity contribution in [2.45, 2.75) is 6.92 Å². The molecule has 1 N–H and O–H groups in total. The summed E-state index contributed by atoms with van der Waals surface area (Å²) in [6, 6.07) is 10.3. The zero-order chi connectivity index (χ0) is 16.4. The standard InChI is InChI=1S/C19H16O4/c1-3-4-12-9-15-16(11-20)18(13-5-7-14(21)8-6-13)23-19(15)17(10-12)22-2/h3-11,21H,1-2H3. The predicted octanol–water partition coefficient (Wildman–Crippen LogP) is 4.66. The van der Waals surface area contributed by atoms with Gasteiger partial charge in [-0.3, -0.25) is 4.79 Å². The molecule has 0 radical (unpaired) electrons. The maximum atomic E-state index is 11.6. The van der Waals surface area contributed by atoms with Crippen LogP contribution in [0.1, 0.15) is 22.8 Å². The summed E-state index contributed by atoms with van der Waals surface area (Å²) in [5, 5.41) is 10.1. The topological polar surface area (TPSA) is 59.7 Å². The second-order valence-corrected chi connectivity index (χ2v) is 5.11. The van der Waals surface area contributed by atoms with Crippen molar-refractivity contribution < 1.29 is 19.1 Å². The summed E-state index contributed by atoms with van der Waals surface area (Å²) >= 11 is 0. The Morgan fingerprint density at radius 3 is 2.52 bits per heavy atom. The Kier molecular flexibility index (Phi) is 3.89. The molecule has 0 saturated heterocycles. The van der Waals surface area contributed by atoms with E-state index in [-0.39, 0.29) is 5.75 Å². The van der Waals surface area contributed by atoms with Crippen LogP contribution in [0.25, 0.3) is 28.4 Å². The van der Waals surface area contributed by atoms with Gasteiger partial charge in [-0.25, -0.2) is 0 Å². The van der Waals surface area contributed by atoms with Crippen LogP contribution in [0.2, 0.25) is 0 Å². The number of aldehydes is 1. The predicted molar refractivity (Wildman–Crippen MR) is 90.0 cm³/mol. The van der Waals surface area contributed by atoms with E-state index in [0.717, 1.165) is 17.4 Å². The molecule has 2 aromatic carbocycles. The van der Waals surface area contributed by atoms with E-state index in [0.29, 0.717) is 28.0 Å². The molecule has 0 aliphatic carbocycles. The third-order valence-electron chi connectivity index (χ3n) is 3.64. The molecule has 3 aromatic rings. The minimum absolute atomic E-state index is 0.158. The zero-order valence-electron chi connectivity index (χ0n) is 12.9. The number of carbonyl (C=O) groups excluding carboxylic acids is 1. The number of methoxy groups -OCH3 is 1. The van der Waals surface area contributed by atoms with Gasteiger partial charge >= 0.3 is 0 Å². The van der Waals surface area contributed by atoms with Crippen LogP contribution in [0.15, 0.2) is 46.9 Å². The fourth-order valence-corrected chi connectivity index (χ4v) is 2.59. The highest BCUT2D eigenvalue weighted by Gasteiger charge is 2.19. The SMILES string of the molecule is CC=Cc1cc(OC)c2oc(-c3ccc(O)cc3)c(C=O)c2c1. The van der Waals surface area contributed by atoms with E-state index in [1.54, 1.807) is 31.4 Å². The van der Waals surface area contributed by atoms with Crippen LogP contribution in [0, 0.1) is 0 Å². The first kappa shape index (κ1) is 14.9. The summed E-state index contributed by atoms with van der Waals surface area (Å²) in [5.41, 5.74) is 2.65. The summed E-state index contributed by atoms with van der Waals surface area (Å²) in [5.74, 6) is 1.19. The van der Waals surface area contributed by atoms with Gasteiger partial charge in [0.05, 0.1) is 12.7 Å². The largest absolute Gasteiger partial charge is 0.508 e. The number of phenolic OH excluding ortho intramolecular Hbond substituents is 1. The Balaban J connectivity index is 2.31. The van der Waals surface area contributed by atoms with Crippen molar-refractivity contribution in [2.24, 2.45) is 0 Å². The number of rotatable bonds is 4. The van der Waals surface area contributed by atoms with E-state index >= 15 is 0 Å². The fraction of sp³-hybridized carbons (Fsp3) is 0.105. The van der Waals surface area contributed by atoms with Gasteiger partial charge in [-0.1, -0.05) is 12.2 Å². The molecule has 1 heterocycles. The smallest absolute Gasteiger partial charge is 0.177 e. The number of hydrogen-bond acceptors (Lipinski definition) is 4. The number of carbonyl (C=O) groups is 1. The summed E-state index contributed by atoms with van der Waals surface area (Å²) in [6.45, 7) is 1.93. The van der Waals surface area contributed by atoms with Crippen molar-refractivity contribution in [3.8, 4) is 22.8 Å². The van der Waals surface area contributed by atoms with Gasteiger partial charge in [0.2, 0.25) is 0 Å². The number of ether oxygens (including phenoxy) is 1. The van der Waals surface area contributed by atoms with Gasteiger partial charge in [0.25, 0.3) is 0 Å². The highest BCUT2D eigenvalue weighted by Crippen LogP contribution is 2.38. The van der Waals surface area contributed by atoms with Gasteiger partial charge in [-0.15, -0.1) is 0 Å². The second kappa shape index (κ2) is 6.01. The Labute approximate surface area is 133 Å². The lowest BCUT2D eigenvalue weighted by Gasteiger charge is -2.02. The third kappa shape index (κ3) is 2.59. The van der Waals surface area contributed by atoms with Gasteiger partial charge in [0, 0.05) is 10.9 Å². The van der Waals surface area contributed by atoms with Gasteiger partial charge in [0.15, 0.2) is 17.6 Å². The highest BCUT2D eigenvalue weighted by molar-refractivity contribution is 6.05. The normalized spacial score (nSPS) is 11.2. The van der Waals surface area contributed by atoms with Crippen LogP contribution in [-0.4, -0.2) is 18.5 Å². The molecule has 3 rings (SSSR count). The quantitative estimate of drug-likeness (QED) is 0.712. The molecule has 23 heavy (non-hydrogen) atoms. The summed E-state index contributed by atoms with van der Waals surface area (Å²) in [6.07, 6.45) is 4.64. The molecule has 0 fully saturated rings. The minimum Gasteiger partial charge on any atom is -0.508 e. The van der Waals surface area contributed by atoms with E-state index in [2.05, 4.69) is 0 Å². The third-order valence-corrected chi connectivity index (χ3v) is 3.64. The molecule has 0 aliphatic heterocycles. The fourth-order valence-electron chi connectivity index (χ4n) is 2.59. The molecule has 0 atom stereocenters. The molecule has 4 heteroatoms. The maximum Gasteiger partial charge on any atom is 0.177 e. The van der Waals surface area contributed by atoms with Crippen molar-refractivity contribution in [2.75, 3.05) is 7.11 Å². The van der Waals surface area contributed by atoms with E-state index in [4.69, 9.17) is 9.15 Å². The van der Waals surface area contributed by atoms with E-state index < -0.39 is 0 Å². The molecule has 0 unspecified atom stereocenters. The number of hydrogen-bond donors (Lipinski definition) is 1. The van der Waals surface area contributed by atoms with Crippen molar-refractivity contribution in [3.05, 3.63) is 53.6 Å². The lowest BCUT2D eigenvalue weighted by atomic mass is 10.0. The minimum atomic E-state index is 0.158. The molecule has 0 amide bonds. The Morgan fingerprint density at radius 1 is 1.17 bits per heavy atom. The number of fused-ring (bicyclic) bond motifs is 1. The van der Waals surface area contributed by atoms with Crippen molar-refractivity contribution >= 4 is 23.3 Å². The molecule has 1 aromatic heterocycles. The lowest BCUT2D eigenvalue weighted by molar-refractivity contribution is 0.112. The Morgan fingerprint density at radius 2 is 1.91 bits per heavy atom. The second-order valence-electron chi connectivity index (χ2n) is 5.11. The van der Waals surface area contributed by atoms with Crippen LogP contribution in [-0.2, 0) is 0 Å². The molecule has 0 bridgehead atoms. The van der Waals surface area contributed by atoms with Crippen LogP contribution in [0.5, 0.6) is 11.5 Å². The van der Waals surface area contributed by atoms with Crippen LogP contribution < -0.4 is 4.74 Å². The molecule has 116 valence electrons. The zero-order valence-corrected chi connectivity index (χ0v) is 12.9. The lowest BCUT2D eigenvalue weighted by Crippen LogP contribution is -1.86. The maximum absolute atomic E-state index is 11.6. The van der Waals surface area contributed by atoms with Crippen LogP contribution >= 0.6 is 0 Å². The number of furan rings is 1. The number of allylic oxidation sites excluding steroid dienone is 1. The summed E-state index contributed by atoms with van der Waals surface area (Å²) in [7, 11) is 1.57. The number of phenols is 1. The van der Waals surface area contributed by atoms with Crippen molar-refractivity contribution in [1.29, 1.82) is 0 Å². The van der Waals surface area contributed by atoms with Crippen LogP contribution in [0.3, 0.4) is 0 Å². The van der Waals surface area contributed by atoms with E-state index in [9.17, 15) is 9.90 Å². The monoisotopic (exact) mass is 308 g/mol. The average Bonchev–Trinajstić information content (AvgIpc) is 2.93. The van der Waals surface area contributed by atoms with Crippen molar-refractivity contribution in [3.63, 3.8) is 0 Å². The van der Waals surface area contributed by atoms with Gasteiger partial charge < -0.3 is 14.3 Å². The summed E-state index contributed by atoms with van der Waals surface area (Å²) in [4.78, 5) is 11.6. The molecular weight excluding hydrogens is 292 g/mol. The first-order valence-electron chi connectivity index (χ1n) is 7.19. The Bertz CT molecular complexity index is 886. The number of benzene rings is 2. The number of aromatic hydroxyl groups is 1. The average molecular weight is 308 g/mol. The van der Waals surface area contributed by atoms with E-state index in [1.165, 1.54) is 0 Å². The highest BCUT2D eigenvalue weighted by atomic mass is 16.5. The van der Waals surface area contributed by atoms with Gasteiger partial charge in [-0.05, 0) is 48.9 Å². The summed E-state index contributed by atoms with van der Waals surface area (Å²) < 4.78 is 11.3. The molecule has 0 saturated carbocycles. The molecule has 0 aliphatic rings. The molecule has 0 spiro atoms. The first-order chi connectivity index (χ1) is 11.2. The van der Waals surface area contributed by atoms with E-state index in [1.807, 2.05) is 31.2 Å². The molecule has 4 nitrogen and oxygen atoms in total. The van der Waals surface area contributed by atoms with Gasteiger partial charge in [-0.2, -0.15) is 0 Å². The molecular formula is C19H16O4. The van der Waals surface area contributed by atoms with Gasteiger partial charge in [0.1, 0.15) is 11.5 Å².